The second kappa shape index (κ2) is 5.71. The summed E-state index contributed by atoms with van der Waals surface area (Å²) >= 11 is 1.37. The lowest BCUT2D eigenvalue weighted by Gasteiger charge is -2.29. The van der Waals surface area contributed by atoms with Crippen LogP contribution in [0, 0.1) is 5.41 Å². The van der Waals surface area contributed by atoms with Gasteiger partial charge in [-0.25, -0.2) is 0 Å². The van der Waals surface area contributed by atoms with Crippen molar-refractivity contribution in [3.05, 3.63) is 22.4 Å². The van der Waals surface area contributed by atoms with Crippen LogP contribution >= 0.6 is 11.3 Å². The molecule has 3 N–H and O–H groups in total. The predicted octanol–water partition coefficient (Wildman–Crippen LogP) is 1.44. The molecular formula is C12H15F3N2O2S. The number of hydrogen-bond donors (Lipinski definition) is 3. The Morgan fingerprint density at radius 1 is 1.60 bits per heavy atom. The van der Waals surface area contributed by atoms with Gasteiger partial charge in [-0.2, -0.15) is 24.5 Å². The summed E-state index contributed by atoms with van der Waals surface area (Å²) in [6.07, 6.45) is -5.88. The molecule has 112 valence electrons. The topological polar surface area (TPSA) is 61.4 Å². The van der Waals surface area contributed by atoms with Crippen molar-refractivity contribution in [1.29, 1.82) is 0 Å². The van der Waals surface area contributed by atoms with Crippen LogP contribution in [-0.2, 0) is 4.79 Å². The summed E-state index contributed by atoms with van der Waals surface area (Å²) < 4.78 is 39.3. The number of carbonyl (C=O) groups is 1. The third-order valence-electron chi connectivity index (χ3n) is 3.52. The lowest BCUT2D eigenvalue weighted by atomic mass is 9.85. The van der Waals surface area contributed by atoms with Crippen LogP contribution in [0.25, 0.3) is 0 Å². The third-order valence-corrected chi connectivity index (χ3v) is 4.22. The van der Waals surface area contributed by atoms with Gasteiger partial charge in [-0.3, -0.25) is 4.79 Å². The van der Waals surface area contributed by atoms with Crippen molar-refractivity contribution in [3.8, 4) is 0 Å². The van der Waals surface area contributed by atoms with E-state index in [0.29, 0.717) is 5.56 Å². The van der Waals surface area contributed by atoms with Gasteiger partial charge in [-0.05, 0) is 35.4 Å². The molecule has 20 heavy (non-hydrogen) atoms. The highest BCUT2D eigenvalue weighted by molar-refractivity contribution is 7.07. The zero-order valence-electron chi connectivity index (χ0n) is 10.5. The van der Waals surface area contributed by atoms with Gasteiger partial charge in [0.25, 0.3) is 0 Å². The first-order valence-corrected chi connectivity index (χ1v) is 7.07. The van der Waals surface area contributed by atoms with E-state index in [1.807, 2.05) is 0 Å². The lowest BCUT2D eigenvalue weighted by molar-refractivity contribution is -0.216. The van der Waals surface area contributed by atoms with Crippen LogP contribution in [0.1, 0.15) is 18.1 Å². The van der Waals surface area contributed by atoms with E-state index >= 15 is 0 Å². The van der Waals surface area contributed by atoms with Gasteiger partial charge in [0, 0.05) is 13.1 Å². The zero-order chi connectivity index (χ0) is 14.8. The van der Waals surface area contributed by atoms with E-state index in [9.17, 15) is 23.1 Å². The number of aliphatic hydroxyl groups excluding tert-OH is 1. The first kappa shape index (κ1) is 15.3. The van der Waals surface area contributed by atoms with Crippen molar-refractivity contribution in [2.24, 2.45) is 5.41 Å². The molecule has 0 radical (unpaired) electrons. The highest BCUT2D eigenvalue weighted by Crippen LogP contribution is 2.43. The van der Waals surface area contributed by atoms with Crippen molar-refractivity contribution in [2.75, 3.05) is 19.6 Å². The van der Waals surface area contributed by atoms with Gasteiger partial charge in [-0.1, -0.05) is 0 Å². The zero-order valence-corrected chi connectivity index (χ0v) is 11.4. The molecule has 4 nitrogen and oxygen atoms in total. The Kier molecular flexibility index (Phi) is 4.36. The first-order chi connectivity index (χ1) is 9.37. The minimum atomic E-state index is -4.60. The molecule has 0 aliphatic carbocycles. The van der Waals surface area contributed by atoms with Crippen LogP contribution < -0.4 is 10.6 Å². The van der Waals surface area contributed by atoms with E-state index in [-0.39, 0.29) is 19.5 Å². The molecule has 1 aliphatic heterocycles. The highest BCUT2D eigenvalue weighted by Gasteiger charge is 2.61. The maximum atomic E-state index is 13.1. The van der Waals surface area contributed by atoms with Crippen molar-refractivity contribution in [1.82, 2.24) is 10.6 Å². The molecule has 2 atom stereocenters. The van der Waals surface area contributed by atoms with Crippen molar-refractivity contribution < 1.29 is 23.1 Å². The van der Waals surface area contributed by atoms with Gasteiger partial charge in [0.05, 0.1) is 6.10 Å². The SMILES string of the molecule is O=C(NCC(O)c1ccsc1)C1(C(F)(F)F)CCNC1. The molecule has 1 amide bonds. The van der Waals surface area contributed by atoms with Crippen LogP contribution in [0.15, 0.2) is 16.8 Å². The molecule has 0 bridgehead atoms. The Hall–Kier alpha value is -1.12. The minimum absolute atomic E-state index is 0.153. The number of hydrogen-bond acceptors (Lipinski definition) is 4. The van der Waals surface area contributed by atoms with Gasteiger partial charge < -0.3 is 15.7 Å². The smallest absolute Gasteiger partial charge is 0.387 e. The summed E-state index contributed by atoms with van der Waals surface area (Å²) in [6.45, 7) is -0.496. The van der Waals surface area contributed by atoms with Gasteiger partial charge in [0.1, 0.15) is 0 Å². The van der Waals surface area contributed by atoms with Crippen molar-refractivity contribution in [3.63, 3.8) is 0 Å². The molecule has 1 aliphatic rings. The monoisotopic (exact) mass is 308 g/mol. The largest absolute Gasteiger partial charge is 0.404 e. The molecule has 0 aromatic carbocycles. The number of alkyl halides is 3. The summed E-state index contributed by atoms with van der Waals surface area (Å²) in [7, 11) is 0. The fourth-order valence-corrected chi connectivity index (χ4v) is 2.90. The number of thiophene rings is 1. The third kappa shape index (κ3) is 2.82. The summed E-state index contributed by atoms with van der Waals surface area (Å²) in [5.41, 5.74) is -1.80. The number of rotatable bonds is 4. The lowest BCUT2D eigenvalue weighted by Crippen LogP contribution is -2.52. The molecule has 8 heteroatoms. The summed E-state index contributed by atoms with van der Waals surface area (Å²) in [4.78, 5) is 11.9. The molecule has 2 heterocycles. The number of nitrogens with one attached hydrogen (secondary N) is 2. The first-order valence-electron chi connectivity index (χ1n) is 6.13. The van der Waals surface area contributed by atoms with E-state index in [4.69, 9.17) is 0 Å². The van der Waals surface area contributed by atoms with Gasteiger partial charge in [0.2, 0.25) is 5.91 Å². The Labute approximate surface area is 118 Å². The number of aliphatic hydroxyl groups is 1. The molecule has 1 saturated heterocycles. The predicted molar refractivity (Wildman–Crippen MR) is 68.3 cm³/mol. The Bertz CT molecular complexity index is 456. The summed E-state index contributed by atoms with van der Waals surface area (Å²) in [5.74, 6) is -1.08. The molecule has 1 aromatic rings. The average molecular weight is 308 g/mol. The fraction of sp³-hybridized carbons (Fsp3) is 0.583. The van der Waals surface area contributed by atoms with E-state index in [1.165, 1.54) is 11.3 Å². The summed E-state index contributed by atoms with van der Waals surface area (Å²) in [5, 5.41) is 18.0. The number of halogens is 3. The number of carbonyl (C=O) groups excluding carboxylic acids is 1. The van der Waals surface area contributed by atoms with Gasteiger partial charge in [-0.15, -0.1) is 0 Å². The minimum Gasteiger partial charge on any atom is -0.387 e. The fourth-order valence-electron chi connectivity index (χ4n) is 2.20. The van der Waals surface area contributed by atoms with E-state index in [0.717, 1.165) is 0 Å². The molecule has 1 aromatic heterocycles. The Morgan fingerprint density at radius 3 is 2.85 bits per heavy atom. The highest BCUT2D eigenvalue weighted by atomic mass is 32.1. The number of amides is 1. The van der Waals surface area contributed by atoms with Crippen molar-refractivity contribution in [2.45, 2.75) is 18.7 Å². The van der Waals surface area contributed by atoms with Gasteiger partial charge in [0.15, 0.2) is 5.41 Å². The maximum Gasteiger partial charge on any atom is 0.404 e. The summed E-state index contributed by atoms with van der Waals surface area (Å²) in [6, 6.07) is 1.66. The molecule has 2 rings (SSSR count). The average Bonchev–Trinajstić information content (AvgIpc) is 3.04. The van der Waals surface area contributed by atoms with E-state index < -0.39 is 30.1 Å². The molecule has 0 saturated carbocycles. The van der Waals surface area contributed by atoms with Crippen LogP contribution in [-0.4, -0.2) is 36.8 Å². The normalized spacial score (nSPS) is 24.6. The van der Waals surface area contributed by atoms with Crippen LogP contribution in [0.4, 0.5) is 13.2 Å². The standard InChI is InChI=1S/C12H15F3N2O2S/c13-12(14,15)11(2-3-16-7-11)10(19)17-5-9(18)8-1-4-20-6-8/h1,4,6,9,16,18H,2-3,5,7H2,(H,17,19). The van der Waals surface area contributed by atoms with Gasteiger partial charge >= 0.3 is 6.18 Å². The second-order valence-corrected chi connectivity index (χ2v) is 5.57. The van der Waals surface area contributed by atoms with Crippen LogP contribution in [0.3, 0.4) is 0 Å². The Balaban J connectivity index is 2.00. The van der Waals surface area contributed by atoms with Crippen LogP contribution in [0.5, 0.6) is 0 Å². The van der Waals surface area contributed by atoms with E-state index in [2.05, 4.69) is 10.6 Å². The molecule has 0 spiro atoms. The molecule has 2 unspecified atom stereocenters. The maximum absolute atomic E-state index is 13.1. The molecular weight excluding hydrogens is 293 g/mol. The van der Waals surface area contributed by atoms with Crippen molar-refractivity contribution >= 4 is 17.2 Å². The van der Waals surface area contributed by atoms with E-state index in [1.54, 1.807) is 16.8 Å². The molecule has 1 fully saturated rings. The second-order valence-electron chi connectivity index (χ2n) is 4.79. The van der Waals surface area contributed by atoms with Crippen LogP contribution in [0.2, 0.25) is 0 Å². The quantitative estimate of drug-likeness (QED) is 0.789. The Morgan fingerprint density at radius 2 is 2.35 bits per heavy atom.